The average Bonchev–Trinajstić information content (AvgIpc) is 1.97. The molecule has 0 rings (SSSR count). The summed E-state index contributed by atoms with van der Waals surface area (Å²) in [6.45, 7) is 4.04. The van der Waals surface area contributed by atoms with Crippen molar-refractivity contribution in [1.82, 2.24) is 0 Å². The number of aliphatic hydroxyl groups is 1. The van der Waals surface area contributed by atoms with Crippen LogP contribution in [0.25, 0.3) is 10.4 Å². The molecule has 0 radical (unpaired) electrons. The van der Waals surface area contributed by atoms with E-state index in [2.05, 4.69) is 10.0 Å². The van der Waals surface area contributed by atoms with Gasteiger partial charge in [-0.25, -0.2) is 0 Å². The van der Waals surface area contributed by atoms with Crippen LogP contribution in [0.5, 0.6) is 0 Å². The van der Waals surface area contributed by atoms with Crippen LogP contribution >= 0.6 is 0 Å². The van der Waals surface area contributed by atoms with Crippen LogP contribution < -0.4 is 0 Å². The van der Waals surface area contributed by atoms with Crippen LogP contribution in [0, 0.1) is 0 Å². The lowest BCUT2D eigenvalue weighted by atomic mass is 10.4. The predicted molar refractivity (Wildman–Crippen MR) is 41.1 cm³/mol. The first-order valence-electron chi connectivity index (χ1n) is 3.47. The van der Waals surface area contributed by atoms with Crippen LogP contribution in [-0.2, 0) is 4.74 Å². The number of hydrogen-bond acceptors (Lipinski definition) is 3. The molecule has 64 valence electrons. The molecule has 1 atom stereocenters. The Hall–Kier alpha value is -0.770. The summed E-state index contributed by atoms with van der Waals surface area (Å²) < 4.78 is 5.07. The van der Waals surface area contributed by atoms with Crippen molar-refractivity contribution in [2.24, 2.45) is 5.11 Å². The van der Waals surface area contributed by atoms with Crippen molar-refractivity contribution in [2.45, 2.75) is 26.1 Å². The maximum atomic E-state index is 9.04. The fourth-order valence-corrected chi connectivity index (χ4v) is 0.487. The molecule has 0 aliphatic carbocycles. The van der Waals surface area contributed by atoms with Crippen molar-refractivity contribution < 1.29 is 9.84 Å². The number of rotatable bonds is 5. The second-order valence-corrected chi connectivity index (χ2v) is 2.45. The zero-order valence-electron chi connectivity index (χ0n) is 6.77. The van der Waals surface area contributed by atoms with Gasteiger partial charge in [-0.05, 0) is 19.4 Å². The number of nitrogens with zero attached hydrogens (tertiary/aromatic N) is 3. The van der Waals surface area contributed by atoms with Crippen molar-refractivity contribution >= 4 is 0 Å². The Morgan fingerprint density at radius 2 is 2.27 bits per heavy atom. The molecule has 5 nitrogen and oxygen atoms in total. The molecule has 0 aromatic heterocycles. The van der Waals surface area contributed by atoms with Gasteiger partial charge in [-0.2, -0.15) is 0 Å². The number of azide groups is 1. The lowest BCUT2D eigenvalue weighted by Crippen LogP contribution is -2.20. The summed E-state index contributed by atoms with van der Waals surface area (Å²) in [5.74, 6) is 0. The van der Waals surface area contributed by atoms with Gasteiger partial charge < -0.3 is 9.84 Å². The van der Waals surface area contributed by atoms with Crippen LogP contribution in [0.1, 0.15) is 13.8 Å². The molecule has 5 heteroatoms. The first-order chi connectivity index (χ1) is 5.16. The normalized spacial score (nSPS) is 12.7. The summed E-state index contributed by atoms with van der Waals surface area (Å²) in [5.41, 5.74) is 7.90. The SMILES string of the molecule is CC(C)OC[C@@H](O)CN=[N+]=[N-]. The molecule has 0 aliphatic heterocycles. The van der Waals surface area contributed by atoms with Crippen LogP contribution in [0.4, 0.5) is 0 Å². The van der Waals surface area contributed by atoms with Gasteiger partial charge in [0, 0.05) is 4.91 Å². The van der Waals surface area contributed by atoms with Gasteiger partial charge in [-0.15, -0.1) is 0 Å². The van der Waals surface area contributed by atoms with E-state index in [1.54, 1.807) is 0 Å². The molecule has 0 aliphatic rings. The Morgan fingerprint density at radius 1 is 1.64 bits per heavy atom. The van der Waals surface area contributed by atoms with Crippen molar-refractivity contribution in [2.75, 3.05) is 13.2 Å². The quantitative estimate of drug-likeness (QED) is 0.370. The highest BCUT2D eigenvalue weighted by Crippen LogP contribution is 1.92. The highest BCUT2D eigenvalue weighted by atomic mass is 16.5. The second-order valence-electron chi connectivity index (χ2n) is 2.45. The summed E-state index contributed by atoms with van der Waals surface area (Å²) in [7, 11) is 0. The summed E-state index contributed by atoms with van der Waals surface area (Å²) in [5, 5.41) is 12.2. The standard InChI is InChI=1S/C6H13N3O2/c1-5(2)11-4-6(10)3-8-9-7/h5-6,10H,3-4H2,1-2H3/t6-/m0/s1. The molecule has 0 heterocycles. The largest absolute Gasteiger partial charge is 0.391 e. The molecular weight excluding hydrogens is 146 g/mol. The Labute approximate surface area is 65.6 Å². The van der Waals surface area contributed by atoms with E-state index in [4.69, 9.17) is 15.4 Å². The Kier molecular flexibility index (Phi) is 5.56. The number of aliphatic hydroxyl groups excluding tert-OH is 1. The number of ether oxygens (including phenoxy) is 1. The fourth-order valence-electron chi connectivity index (χ4n) is 0.487. The van der Waals surface area contributed by atoms with E-state index in [0.717, 1.165) is 0 Å². The van der Waals surface area contributed by atoms with Crippen molar-refractivity contribution in [3.05, 3.63) is 10.4 Å². The second kappa shape index (κ2) is 5.97. The van der Waals surface area contributed by atoms with Gasteiger partial charge in [0.2, 0.25) is 0 Å². The van der Waals surface area contributed by atoms with E-state index in [9.17, 15) is 0 Å². The highest BCUT2D eigenvalue weighted by molar-refractivity contribution is 4.58. The molecule has 0 aromatic rings. The number of hydrogen-bond donors (Lipinski definition) is 1. The van der Waals surface area contributed by atoms with Crippen LogP contribution in [0.3, 0.4) is 0 Å². The van der Waals surface area contributed by atoms with Gasteiger partial charge in [0.1, 0.15) is 0 Å². The summed E-state index contributed by atoms with van der Waals surface area (Å²) in [6.07, 6.45) is -0.594. The molecular formula is C6H13N3O2. The van der Waals surface area contributed by atoms with E-state index >= 15 is 0 Å². The first-order valence-corrected chi connectivity index (χ1v) is 3.47. The maximum Gasteiger partial charge on any atom is 0.0830 e. The molecule has 0 aromatic carbocycles. The summed E-state index contributed by atoms with van der Waals surface area (Å²) in [6, 6.07) is 0. The Bertz CT molecular complexity index is 143. The Balaban J connectivity index is 3.36. The zero-order chi connectivity index (χ0) is 8.69. The van der Waals surface area contributed by atoms with E-state index < -0.39 is 6.10 Å². The lowest BCUT2D eigenvalue weighted by Gasteiger charge is -2.10. The summed E-state index contributed by atoms with van der Waals surface area (Å²) >= 11 is 0. The van der Waals surface area contributed by atoms with Gasteiger partial charge in [0.05, 0.1) is 25.4 Å². The molecule has 0 saturated carbocycles. The maximum absolute atomic E-state index is 9.04. The molecule has 0 amide bonds. The van der Waals surface area contributed by atoms with Gasteiger partial charge in [-0.1, -0.05) is 5.11 Å². The van der Waals surface area contributed by atoms with Crippen molar-refractivity contribution in [1.29, 1.82) is 0 Å². The topological polar surface area (TPSA) is 78.2 Å². The van der Waals surface area contributed by atoms with Gasteiger partial charge >= 0.3 is 0 Å². The van der Waals surface area contributed by atoms with E-state index in [0.29, 0.717) is 0 Å². The highest BCUT2D eigenvalue weighted by Gasteiger charge is 2.02. The third-order valence-electron chi connectivity index (χ3n) is 0.978. The monoisotopic (exact) mass is 159 g/mol. The van der Waals surface area contributed by atoms with E-state index in [1.165, 1.54) is 0 Å². The minimum absolute atomic E-state index is 0.0726. The average molecular weight is 159 g/mol. The molecule has 0 saturated heterocycles. The van der Waals surface area contributed by atoms with Crippen molar-refractivity contribution in [3.63, 3.8) is 0 Å². The smallest absolute Gasteiger partial charge is 0.0830 e. The third-order valence-corrected chi connectivity index (χ3v) is 0.978. The van der Waals surface area contributed by atoms with Gasteiger partial charge in [0.25, 0.3) is 0 Å². The van der Waals surface area contributed by atoms with E-state index in [1.807, 2.05) is 13.8 Å². The predicted octanol–water partition coefficient (Wildman–Crippen LogP) is 1.08. The van der Waals surface area contributed by atoms with Crippen LogP contribution in [0.2, 0.25) is 0 Å². The zero-order valence-corrected chi connectivity index (χ0v) is 6.77. The van der Waals surface area contributed by atoms with Crippen LogP contribution in [-0.4, -0.2) is 30.5 Å². The minimum atomic E-state index is -0.687. The van der Waals surface area contributed by atoms with Crippen LogP contribution in [0.15, 0.2) is 5.11 Å². The third kappa shape index (κ3) is 7.12. The molecule has 0 fully saturated rings. The van der Waals surface area contributed by atoms with Gasteiger partial charge in [-0.3, -0.25) is 0 Å². The molecule has 0 bridgehead atoms. The first kappa shape index (κ1) is 10.2. The van der Waals surface area contributed by atoms with Crippen molar-refractivity contribution in [3.8, 4) is 0 Å². The molecule has 0 unspecified atom stereocenters. The Morgan fingerprint density at radius 3 is 2.73 bits per heavy atom. The molecule has 11 heavy (non-hydrogen) atoms. The fraction of sp³-hybridized carbons (Fsp3) is 1.00. The van der Waals surface area contributed by atoms with Gasteiger partial charge in [0.15, 0.2) is 0 Å². The molecule has 1 N–H and O–H groups in total. The lowest BCUT2D eigenvalue weighted by molar-refractivity contribution is 0.00967. The summed E-state index contributed by atoms with van der Waals surface area (Å²) in [4.78, 5) is 2.51. The van der Waals surface area contributed by atoms with E-state index in [-0.39, 0.29) is 19.3 Å². The molecule has 0 spiro atoms. The minimum Gasteiger partial charge on any atom is -0.391 e.